The van der Waals surface area contributed by atoms with Crippen LogP contribution in [-0.2, 0) is 11.2 Å². The third-order valence-corrected chi connectivity index (χ3v) is 5.78. The molecule has 1 nitrogen and oxygen atoms in total. The highest BCUT2D eigenvalue weighted by Gasteiger charge is 2.28. The summed E-state index contributed by atoms with van der Waals surface area (Å²) in [6.07, 6.45) is 6.96. The van der Waals surface area contributed by atoms with Crippen molar-refractivity contribution in [3.05, 3.63) is 120 Å². The molecule has 2 atom stereocenters. The highest BCUT2D eigenvalue weighted by Crippen LogP contribution is 2.39. The molecule has 28 heavy (non-hydrogen) atoms. The second kappa shape index (κ2) is 8.84. The fraction of sp³-hybridized carbons (Fsp3) is 0.222. The van der Waals surface area contributed by atoms with Gasteiger partial charge in [-0.25, -0.2) is 0 Å². The summed E-state index contributed by atoms with van der Waals surface area (Å²) in [5, 5.41) is 0. The lowest BCUT2D eigenvalue weighted by atomic mass is 9.74. The monoisotopic (exact) mass is 366 g/mol. The summed E-state index contributed by atoms with van der Waals surface area (Å²) in [6, 6.07) is 31.5. The molecular formula is C27H26O. The Balaban J connectivity index is 1.52. The number of benzene rings is 3. The van der Waals surface area contributed by atoms with Crippen LogP contribution < -0.4 is 0 Å². The van der Waals surface area contributed by atoms with E-state index < -0.39 is 0 Å². The average Bonchev–Trinajstić information content (AvgIpc) is 2.77. The van der Waals surface area contributed by atoms with Crippen LogP contribution in [0.3, 0.4) is 0 Å². The van der Waals surface area contributed by atoms with Gasteiger partial charge in [-0.3, -0.25) is 4.79 Å². The number of rotatable bonds is 6. The molecule has 0 radical (unpaired) electrons. The predicted octanol–water partition coefficient (Wildman–Crippen LogP) is 6.21. The van der Waals surface area contributed by atoms with Crippen molar-refractivity contribution in [2.75, 3.05) is 0 Å². The summed E-state index contributed by atoms with van der Waals surface area (Å²) >= 11 is 0. The van der Waals surface area contributed by atoms with E-state index in [-0.39, 0.29) is 5.92 Å². The van der Waals surface area contributed by atoms with Gasteiger partial charge in [0.1, 0.15) is 5.78 Å². The van der Waals surface area contributed by atoms with Gasteiger partial charge in [0, 0.05) is 18.3 Å². The first-order chi connectivity index (χ1) is 13.8. The Kier molecular flexibility index (Phi) is 5.82. The largest absolute Gasteiger partial charge is 0.299 e. The van der Waals surface area contributed by atoms with E-state index >= 15 is 0 Å². The third-order valence-electron chi connectivity index (χ3n) is 5.78. The SMILES string of the molecule is O=C(Cc1ccccc1)[C@H]1C=C[C@H](C(c2ccccc2)c2ccccc2)CC1. The number of allylic oxidation sites excluding steroid dienone is 2. The second-order valence-electron chi connectivity index (χ2n) is 7.66. The molecule has 1 aliphatic carbocycles. The molecule has 0 bridgehead atoms. The van der Waals surface area contributed by atoms with E-state index in [9.17, 15) is 4.79 Å². The molecule has 140 valence electrons. The van der Waals surface area contributed by atoms with Gasteiger partial charge in [0.15, 0.2) is 0 Å². The molecule has 0 spiro atoms. The lowest BCUT2D eigenvalue weighted by Crippen LogP contribution is -2.22. The third kappa shape index (κ3) is 4.31. The van der Waals surface area contributed by atoms with Crippen LogP contribution in [0.1, 0.15) is 35.4 Å². The zero-order valence-electron chi connectivity index (χ0n) is 16.1. The Labute approximate surface area is 167 Å². The van der Waals surface area contributed by atoms with Crippen molar-refractivity contribution in [1.82, 2.24) is 0 Å². The predicted molar refractivity (Wildman–Crippen MR) is 115 cm³/mol. The molecule has 0 saturated carbocycles. The first-order valence-corrected chi connectivity index (χ1v) is 10.2. The Morgan fingerprint density at radius 1 is 0.714 bits per heavy atom. The topological polar surface area (TPSA) is 17.1 Å². The Morgan fingerprint density at radius 2 is 1.25 bits per heavy atom. The number of carbonyl (C=O) groups is 1. The van der Waals surface area contributed by atoms with Gasteiger partial charge in [0.05, 0.1) is 0 Å². The van der Waals surface area contributed by atoms with Crippen molar-refractivity contribution in [3.63, 3.8) is 0 Å². The minimum absolute atomic E-state index is 0.0450. The zero-order chi connectivity index (χ0) is 19.2. The first-order valence-electron chi connectivity index (χ1n) is 10.2. The number of hydrogen-bond donors (Lipinski definition) is 0. The highest BCUT2D eigenvalue weighted by molar-refractivity contribution is 5.84. The number of ketones is 1. The van der Waals surface area contributed by atoms with Gasteiger partial charge in [-0.05, 0) is 35.4 Å². The lowest BCUT2D eigenvalue weighted by Gasteiger charge is -2.30. The van der Waals surface area contributed by atoms with Crippen LogP contribution in [0.25, 0.3) is 0 Å². The molecule has 4 rings (SSSR count). The maximum atomic E-state index is 12.7. The summed E-state index contributed by atoms with van der Waals surface area (Å²) in [7, 11) is 0. The van der Waals surface area contributed by atoms with Crippen LogP contribution in [0.2, 0.25) is 0 Å². The quantitative estimate of drug-likeness (QED) is 0.474. The second-order valence-corrected chi connectivity index (χ2v) is 7.66. The maximum absolute atomic E-state index is 12.7. The van der Waals surface area contributed by atoms with E-state index in [1.165, 1.54) is 11.1 Å². The normalized spacial score (nSPS) is 18.9. The number of Topliss-reactive ketones (excluding diaryl/α,β-unsaturated/α-hetero) is 1. The van der Waals surface area contributed by atoms with E-state index in [1.807, 2.05) is 30.3 Å². The molecule has 1 heteroatoms. The molecule has 1 aliphatic rings. The molecule has 3 aromatic rings. The van der Waals surface area contributed by atoms with Gasteiger partial charge in [-0.15, -0.1) is 0 Å². The molecule has 3 aromatic carbocycles. The van der Waals surface area contributed by atoms with Crippen LogP contribution in [-0.4, -0.2) is 5.78 Å². The molecule has 0 aliphatic heterocycles. The van der Waals surface area contributed by atoms with E-state index in [0.717, 1.165) is 18.4 Å². The Bertz CT molecular complexity index is 873. The summed E-state index contributed by atoms with van der Waals surface area (Å²) in [6.45, 7) is 0. The van der Waals surface area contributed by atoms with Crippen LogP contribution in [0.5, 0.6) is 0 Å². The van der Waals surface area contributed by atoms with Crippen molar-refractivity contribution in [3.8, 4) is 0 Å². The fourth-order valence-electron chi connectivity index (χ4n) is 4.32. The average molecular weight is 367 g/mol. The molecule has 0 heterocycles. The van der Waals surface area contributed by atoms with Gasteiger partial charge in [0.2, 0.25) is 0 Å². The fourth-order valence-corrected chi connectivity index (χ4v) is 4.32. The van der Waals surface area contributed by atoms with E-state index in [0.29, 0.717) is 24.0 Å². The highest BCUT2D eigenvalue weighted by atomic mass is 16.1. The van der Waals surface area contributed by atoms with Gasteiger partial charge in [-0.1, -0.05) is 103 Å². The number of carbonyl (C=O) groups excluding carboxylic acids is 1. The lowest BCUT2D eigenvalue weighted by molar-refractivity contribution is -0.121. The Morgan fingerprint density at radius 3 is 1.75 bits per heavy atom. The van der Waals surface area contributed by atoms with Crippen molar-refractivity contribution >= 4 is 5.78 Å². The molecule has 0 fully saturated rings. The van der Waals surface area contributed by atoms with Gasteiger partial charge < -0.3 is 0 Å². The van der Waals surface area contributed by atoms with Crippen molar-refractivity contribution in [2.24, 2.45) is 11.8 Å². The first kappa shape index (κ1) is 18.4. The summed E-state index contributed by atoms with van der Waals surface area (Å²) < 4.78 is 0. The van der Waals surface area contributed by atoms with Gasteiger partial charge in [-0.2, -0.15) is 0 Å². The molecule has 0 saturated heterocycles. The maximum Gasteiger partial charge on any atom is 0.144 e. The minimum atomic E-state index is 0.0450. The van der Waals surface area contributed by atoms with E-state index in [1.54, 1.807) is 0 Å². The standard InChI is InChI=1S/C27H26O/c28-26(20-21-10-4-1-5-11-21)22-16-18-25(19-17-22)27(23-12-6-2-7-13-23)24-14-8-3-9-15-24/h1-16,18,22,25,27H,17,19-20H2/t22-,25-/m0/s1. The molecule has 0 N–H and O–H groups in total. The molecular weight excluding hydrogens is 340 g/mol. The van der Waals surface area contributed by atoms with Crippen molar-refractivity contribution < 1.29 is 4.79 Å². The van der Waals surface area contributed by atoms with Crippen molar-refractivity contribution in [2.45, 2.75) is 25.2 Å². The van der Waals surface area contributed by atoms with E-state index in [2.05, 4.69) is 72.8 Å². The Hall–Kier alpha value is -2.93. The van der Waals surface area contributed by atoms with Crippen LogP contribution in [0.15, 0.2) is 103 Å². The summed E-state index contributed by atoms with van der Waals surface area (Å²) in [4.78, 5) is 12.7. The molecule has 0 amide bonds. The van der Waals surface area contributed by atoms with Crippen LogP contribution >= 0.6 is 0 Å². The summed E-state index contributed by atoms with van der Waals surface area (Å²) in [5.74, 6) is 1.13. The number of hydrogen-bond acceptors (Lipinski definition) is 1. The van der Waals surface area contributed by atoms with Gasteiger partial charge >= 0.3 is 0 Å². The van der Waals surface area contributed by atoms with Crippen LogP contribution in [0.4, 0.5) is 0 Å². The molecule has 0 unspecified atom stereocenters. The molecule has 0 aromatic heterocycles. The summed E-state index contributed by atoms with van der Waals surface area (Å²) in [5.41, 5.74) is 3.80. The zero-order valence-corrected chi connectivity index (χ0v) is 16.1. The smallest absolute Gasteiger partial charge is 0.144 e. The van der Waals surface area contributed by atoms with Crippen molar-refractivity contribution in [1.29, 1.82) is 0 Å². The van der Waals surface area contributed by atoms with Crippen LogP contribution in [0, 0.1) is 11.8 Å². The van der Waals surface area contributed by atoms with Gasteiger partial charge in [0.25, 0.3) is 0 Å². The minimum Gasteiger partial charge on any atom is -0.299 e. The van der Waals surface area contributed by atoms with E-state index in [4.69, 9.17) is 0 Å².